The van der Waals surface area contributed by atoms with Crippen LogP contribution >= 0.6 is 11.6 Å². The Labute approximate surface area is 184 Å². The van der Waals surface area contributed by atoms with Crippen molar-refractivity contribution >= 4 is 31.1 Å². The summed E-state index contributed by atoms with van der Waals surface area (Å²) >= 11 is 6.30. The summed E-state index contributed by atoms with van der Waals surface area (Å²) in [5.41, 5.74) is 2.46. The summed E-state index contributed by atoms with van der Waals surface area (Å²) in [7, 11) is 0.468. The Kier molecular flexibility index (Phi) is 7.47. The molecule has 0 radical (unpaired) electrons. The van der Waals surface area contributed by atoms with Gasteiger partial charge in [-0.1, -0.05) is 61.6 Å². The number of methoxy groups -OCH3 is 1. The topological polar surface area (TPSA) is 48.6 Å². The highest BCUT2D eigenvalue weighted by atomic mass is 35.5. The zero-order valence-corrected chi connectivity index (χ0v) is 19.7. The number of hydrogen-bond acceptors (Lipinski definition) is 4. The van der Waals surface area contributed by atoms with Crippen molar-refractivity contribution in [3.8, 4) is 5.75 Å². The number of hydrogen-bond donors (Lipinski definition) is 0. The van der Waals surface area contributed by atoms with Gasteiger partial charge >= 0.3 is 0 Å². The average Bonchev–Trinajstić information content (AvgIpc) is 3.18. The number of ether oxygens (including phenoxy) is 2. The van der Waals surface area contributed by atoms with Gasteiger partial charge in [0, 0.05) is 32.6 Å². The number of rotatable bonds is 9. The minimum Gasteiger partial charge on any atom is -0.495 e. The fourth-order valence-electron chi connectivity index (χ4n) is 2.87. The lowest BCUT2D eigenvalue weighted by Crippen LogP contribution is -2.22. The van der Waals surface area contributed by atoms with Gasteiger partial charge < -0.3 is 14.0 Å². The molecule has 0 unspecified atom stereocenters. The first-order chi connectivity index (χ1) is 14.4. The number of nitrogens with zero attached hydrogens (tertiary/aromatic N) is 3. The second-order valence-electron chi connectivity index (χ2n) is 8.21. The molecular weight excluding hydrogens is 414 g/mol. The van der Waals surface area contributed by atoms with E-state index in [1.807, 2.05) is 53.2 Å². The highest BCUT2D eigenvalue weighted by molar-refractivity contribution is 6.76. The largest absolute Gasteiger partial charge is 0.495 e. The van der Waals surface area contributed by atoms with Gasteiger partial charge in [0.2, 0.25) is 0 Å². The maximum atomic E-state index is 6.30. The van der Waals surface area contributed by atoms with Crippen LogP contribution in [-0.4, -0.2) is 37.1 Å². The van der Waals surface area contributed by atoms with E-state index in [1.165, 1.54) is 0 Å². The summed E-state index contributed by atoms with van der Waals surface area (Å²) in [5, 5.41) is 0.518. The lowest BCUT2D eigenvalue weighted by atomic mass is 10.1. The molecule has 3 aromatic rings. The summed E-state index contributed by atoms with van der Waals surface area (Å²) < 4.78 is 13.2. The van der Waals surface area contributed by atoms with E-state index in [9.17, 15) is 0 Å². The third-order valence-electron chi connectivity index (χ3n) is 4.58. The molecule has 1 aromatic heterocycles. The van der Waals surface area contributed by atoms with E-state index in [-0.39, 0.29) is 0 Å². The van der Waals surface area contributed by atoms with E-state index in [4.69, 9.17) is 26.1 Å². The molecule has 0 N–H and O–H groups in total. The Balaban J connectivity index is 1.91. The minimum absolute atomic E-state index is 0.440. The van der Waals surface area contributed by atoms with Gasteiger partial charge in [0.15, 0.2) is 5.82 Å². The summed E-state index contributed by atoms with van der Waals surface area (Å²) in [4.78, 5) is 9.46. The molecule has 1 heterocycles. The first kappa shape index (κ1) is 22.3. The molecule has 0 amide bonds. The molecule has 30 heavy (non-hydrogen) atoms. The van der Waals surface area contributed by atoms with Crippen LogP contribution in [0.3, 0.4) is 0 Å². The standard InChI is InChI=1S/C23H28ClN3O2Si/c1-28-21-11-10-19(16-20(21)24)26-22(18-8-6-5-7-9-18)23-25-12-13-27(23)17-29-14-15-30(2,3)4/h5-13,16H,14-15,17H2,1-4H3. The van der Waals surface area contributed by atoms with Crippen molar-refractivity contribution in [1.29, 1.82) is 0 Å². The molecule has 5 nitrogen and oxygen atoms in total. The van der Waals surface area contributed by atoms with Gasteiger partial charge in [-0.05, 0) is 24.2 Å². The fourth-order valence-corrected chi connectivity index (χ4v) is 3.87. The fraction of sp³-hybridized carbons (Fsp3) is 0.304. The molecule has 7 heteroatoms. The van der Waals surface area contributed by atoms with Crippen molar-refractivity contribution in [2.75, 3.05) is 13.7 Å². The van der Waals surface area contributed by atoms with E-state index in [0.29, 0.717) is 17.5 Å². The number of benzene rings is 2. The van der Waals surface area contributed by atoms with Crippen LogP contribution in [0.1, 0.15) is 11.4 Å². The smallest absolute Gasteiger partial charge is 0.161 e. The Morgan fingerprint density at radius 3 is 2.57 bits per heavy atom. The number of imidazole rings is 1. The second-order valence-corrected chi connectivity index (χ2v) is 14.2. The van der Waals surface area contributed by atoms with Crippen LogP contribution in [0.2, 0.25) is 30.7 Å². The molecule has 3 rings (SSSR count). The lowest BCUT2D eigenvalue weighted by molar-refractivity contribution is 0.0868. The SMILES string of the molecule is COc1ccc(N=C(c2ccccc2)c2nccn2COCC[Si](C)(C)C)cc1Cl. The Hall–Kier alpha value is -2.41. The zero-order chi connectivity index (χ0) is 21.6. The van der Waals surface area contributed by atoms with Crippen molar-refractivity contribution < 1.29 is 9.47 Å². The molecule has 0 aliphatic rings. The van der Waals surface area contributed by atoms with Crippen molar-refractivity contribution in [3.63, 3.8) is 0 Å². The Bertz CT molecular complexity index is 997. The van der Waals surface area contributed by atoms with Crippen LogP contribution in [-0.2, 0) is 11.5 Å². The van der Waals surface area contributed by atoms with E-state index < -0.39 is 8.07 Å². The summed E-state index contributed by atoms with van der Waals surface area (Å²) in [6.45, 7) is 8.23. The highest BCUT2D eigenvalue weighted by Crippen LogP contribution is 2.29. The summed E-state index contributed by atoms with van der Waals surface area (Å²) in [6, 6.07) is 16.6. The van der Waals surface area contributed by atoms with Gasteiger partial charge in [-0.2, -0.15) is 0 Å². The molecule has 2 aromatic carbocycles. The third kappa shape index (κ3) is 6.04. The van der Waals surface area contributed by atoms with Crippen LogP contribution in [0.4, 0.5) is 5.69 Å². The maximum Gasteiger partial charge on any atom is 0.161 e. The van der Waals surface area contributed by atoms with E-state index in [0.717, 1.165) is 35.4 Å². The van der Waals surface area contributed by atoms with Gasteiger partial charge in [-0.3, -0.25) is 0 Å². The Morgan fingerprint density at radius 2 is 1.90 bits per heavy atom. The van der Waals surface area contributed by atoms with E-state index in [2.05, 4.69) is 24.6 Å². The average molecular weight is 442 g/mol. The second kappa shape index (κ2) is 10.1. The van der Waals surface area contributed by atoms with Crippen molar-refractivity contribution in [1.82, 2.24) is 9.55 Å². The first-order valence-corrected chi connectivity index (χ1v) is 14.0. The van der Waals surface area contributed by atoms with Crippen LogP contribution in [0.15, 0.2) is 65.9 Å². The van der Waals surface area contributed by atoms with Crippen LogP contribution in [0.25, 0.3) is 0 Å². The van der Waals surface area contributed by atoms with Crippen molar-refractivity contribution in [2.45, 2.75) is 32.4 Å². The minimum atomic E-state index is -1.13. The first-order valence-electron chi connectivity index (χ1n) is 9.94. The van der Waals surface area contributed by atoms with Gasteiger partial charge in [0.05, 0.1) is 17.8 Å². The molecule has 158 valence electrons. The van der Waals surface area contributed by atoms with E-state index >= 15 is 0 Å². The molecule has 0 aliphatic heterocycles. The molecule has 0 bridgehead atoms. The highest BCUT2D eigenvalue weighted by Gasteiger charge is 2.16. The predicted octanol–water partition coefficient (Wildman–Crippen LogP) is 6.03. The zero-order valence-electron chi connectivity index (χ0n) is 17.9. The van der Waals surface area contributed by atoms with Crippen LogP contribution in [0.5, 0.6) is 5.75 Å². The molecule has 0 spiro atoms. The van der Waals surface area contributed by atoms with Crippen molar-refractivity contribution in [2.24, 2.45) is 4.99 Å². The normalized spacial score (nSPS) is 12.2. The number of aromatic nitrogens is 2. The maximum absolute atomic E-state index is 6.30. The lowest BCUT2D eigenvalue weighted by Gasteiger charge is -2.16. The Morgan fingerprint density at radius 1 is 1.13 bits per heavy atom. The van der Waals surface area contributed by atoms with Crippen molar-refractivity contribution in [3.05, 3.63) is 77.3 Å². The molecule has 0 aliphatic carbocycles. The van der Waals surface area contributed by atoms with Gasteiger partial charge in [0.25, 0.3) is 0 Å². The summed E-state index contributed by atoms with van der Waals surface area (Å²) in [6.07, 6.45) is 3.69. The molecule has 0 saturated heterocycles. The molecular formula is C23H28ClN3O2Si. The van der Waals surface area contributed by atoms with Crippen LogP contribution < -0.4 is 4.74 Å². The van der Waals surface area contributed by atoms with E-state index in [1.54, 1.807) is 19.4 Å². The monoisotopic (exact) mass is 441 g/mol. The molecule has 0 fully saturated rings. The van der Waals surface area contributed by atoms with Crippen LogP contribution in [0, 0.1) is 0 Å². The quantitative estimate of drug-likeness (QED) is 0.231. The predicted molar refractivity (Wildman–Crippen MR) is 126 cm³/mol. The molecule has 0 atom stereocenters. The number of aliphatic imine (C=N–C) groups is 1. The summed E-state index contributed by atoms with van der Waals surface area (Å²) in [5.74, 6) is 1.37. The number of halogens is 1. The molecule has 0 saturated carbocycles. The van der Waals surface area contributed by atoms with Gasteiger partial charge in [-0.15, -0.1) is 0 Å². The van der Waals surface area contributed by atoms with Gasteiger partial charge in [-0.25, -0.2) is 9.98 Å². The van der Waals surface area contributed by atoms with Gasteiger partial charge in [0.1, 0.15) is 18.2 Å². The third-order valence-corrected chi connectivity index (χ3v) is 6.58.